The number of anilines is 1. The minimum Gasteiger partial charge on any atom is -0.449 e. The summed E-state index contributed by atoms with van der Waals surface area (Å²) in [6, 6.07) is 3.95. The highest BCUT2D eigenvalue weighted by molar-refractivity contribution is 5.84. The zero-order chi connectivity index (χ0) is 19.0. The van der Waals surface area contributed by atoms with E-state index in [1.165, 1.54) is 0 Å². The Morgan fingerprint density at radius 1 is 1.08 bits per heavy atom. The highest BCUT2D eigenvalue weighted by atomic mass is 19.4. The molecule has 2 N–H and O–H groups in total. The maximum Gasteiger partial charge on any atom is 0.416 e. The summed E-state index contributed by atoms with van der Waals surface area (Å²) >= 11 is 0. The summed E-state index contributed by atoms with van der Waals surface area (Å²) in [5.41, 5.74) is -0.654. The van der Waals surface area contributed by atoms with E-state index in [0.717, 1.165) is 24.3 Å². The van der Waals surface area contributed by atoms with Crippen LogP contribution in [0.1, 0.15) is 26.3 Å². The molecule has 0 saturated heterocycles. The van der Waals surface area contributed by atoms with Crippen molar-refractivity contribution in [1.82, 2.24) is 5.32 Å². The van der Waals surface area contributed by atoms with Gasteiger partial charge in [0.1, 0.15) is 6.10 Å². The van der Waals surface area contributed by atoms with Gasteiger partial charge < -0.3 is 14.8 Å². The van der Waals surface area contributed by atoms with E-state index < -0.39 is 30.0 Å². The quantitative estimate of drug-likeness (QED) is 0.801. The van der Waals surface area contributed by atoms with Crippen LogP contribution in [0, 0.1) is 5.92 Å². The molecule has 2 amide bonds. The summed E-state index contributed by atoms with van der Waals surface area (Å²) in [5.74, 6) is 0.203. The van der Waals surface area contributed by atoms with Crippen LogP contribution < -0.4 is 10.6 Å². The Morgan fingerprint density at radius 3 is 2.20 bits per heavy atom. The standard InChI is InChI=1S/C16H21F3N2O4/c1-10(2)9-24-14(22)20-8-11(3)25-15(23)21-13-6-4-12(5-7-13)16(17,18)19/h4-7,10-11H,8-9H2,1-3H3,(H,20,22)(H,21,23). The number of alkyl halides is 3. The number of ether oxygens (including phenoxy) is 2. The molecule has 0 fully saturated rings. The average Bonchev–Trinajstić information content (AvgIpc) is 2.50. The highest BCUT2D eigenvalue weighted by Gasteiger charge is 2.30. The molecule has 0 radical (unpaired) electrons. The molecule has 1 atom stereocenters. The van der Waals surface area contributed by atoms with Crippen molar-refractivity contribution in [2.45, 2.75) is 33.1 Å². The van der Waals surface area contributed by atoms with E-state index in [4.69, 9.17) is 9.47 Å². The summed E-state index contributed by atoms with van der Waals surface area (Å²) in [7, 11) is 0. The first kappa shape index (κ1) is 20.6. The van der Waals surface area contributed by atoms with Gasteiger partial charge in [-0.1, -0.05) is 13.8 Å². The van der Waals surface area contributed by atoms with Crippen LogP contribution in [0.3, 0.4) is 0 Å². The topological polar surface area (TPSA) is 76.7 Å². The number of hydrogen-bond donors (Lipinski definition) is 2. The predicted octanol–water partition coefficient (Wildman–Crippen LogP) is 4.02. The third-order valence-corrected chi connectivity index (χ3v) is 2.85. The molecule has 0 aliphatic heterocycles. The van der Waals surface area contributed by atoms with Crippen molar-refractivity contribution in [2.75, 3.05) is 18.5 Å². The minimum atomic E-state index is -4.44. The Balaban J connectivity index is 2.37. The lowest BCUT2D eigenvalue weighted by Crippen LogP contribution is -2.35. The molecule has 9 heteroatoms. The van der Waals surface area contributed by atoms with E-state index >= 15 is 0 Å². The van der Waals surface area contributed by atoms with E-state index in [1.54, 1.807) is 6.92 Å². The SMILES string of the molecule is CC(C)COC(=O)NCC(C)OC(=O)Nc1ccc(C(F)(F)F)cc1. The van der Waals surface area contributed by atoms with Crippen LogP contribution in [-0.4, -0.2) is 31.4 Å². The number of alkyl carbamates (subject to hydrolysis) is 1. The van der Waals surface area contributed by atoms with E-state index in [9.17, 15) is 22.8 Å². The molecule has 0 saturated carbocycles. The average molecular weight is 362 g/mol. The lowest BCUT2D eigenvalue weighted by Gasteiger charge is -2.15. The fraction of sp³-hybridized carbons (Fsp3) is 0.500. The van der Waals surface area contributed by atoms with E-state index in [2.05, 4.69) is 10.6 Å². The molecular weight excluding hydrogens is 341 g/mol. The van der Waals surface area contributed by atoms with Gasteiger partial charge in [-0.15, -0.1) is 0 Å². The van der Waals surface area contributed by atoms with Crippen molar-refractivity contribution < 1.29 is 32.2 Å². The summed E-state index contributed by atoms with van der Waals surface area (Å²) in [5, 5.41) is 4.75. The maximum absolute atomic E-state index is 12.4. The molecule has 0 spiro atoms. The number of hydrogen-bond acceptors (Lipinski definition) is 4. The highest BCUT2D eigenvalue weighted by Crippen LogP contribution is 2.29. The van der Waals surface area contributed by atoms with Crippen molar-refractivity contribution >= 4 is 17.9 Å². The number of carbonyl (C=O) groups is 2. The van der Waals surface area contributed by atoms with Gasteiger partial charge in [0.15, 0.2) is 0 Å². The van der Waals surface area contributed by atoms with Gasteiger partial charge >= 0.3 is 18.4 Å². The summed E-state index contributed by atoms with van der Waals surface area (Å²) < 4.78 is 47.2. The van der Waals surface area contributed by atoms with Gasteiger partial charge in [0, 0.05) is 5.69 Å². The second kappa shape index (κ2) is 9.14. The van der Waals surface area contributed by atoms with E-state index in [0.29, 0.717) is 0 Å². The van der Waals surface area contributed by atoms with Crippen LogP contribution in [0.2, 0.25) is 0 Å². The molecule has 0 aliphatic carbocycles. The molecule has 0 heterocycles. The summed E-state index contributed by atoms with van der Waals surface area (Å²) in [4.78, 5) is 23.0. The summed E-state index contributed by atoms with van der Waals surface area (Å²) in [6.07, 6.45) is -6.55. The third-order valence-electron chi connectivity index (χ3n) is 2.85. The molecule has 25 heavy (non-hydrogen) atoms. The number of benzene rings is 1. The normalized spacial score (nSPS) is 12.4. The van der Waals surface area contributed by atoms with Crippen molar-refractivity contribution in [2.24, 2.45) is 5.92 Å². The molecule has 6 nitrogen and oxygen atoms in total. The lowest BCUT2D eigenvalue weighted by molar-refractivity contribution is -0.137. The number of nitrogens with one attached hydrogen (secondary N) is 2. The van der Waals surface area contributed by atoms with Crippen LogP contribution in [0.4, 0.5) is 28.4 Å². The molecule has 0 aliphatic rings. The smallest absolute Gasteiger partial charge is 0.416 e. The zero-order valence-electron chi connectivity index (χ0n) is 14.1. The first-order valence-electron chi connectivity index (χ1n) is 7.63. The van der Waals surface area contributed by atoms with Gasteiger partial charge in [0.2, 0.25) is 0 Å². The predicted molar refractivity (Wildman–Crippen MR) is 85.2 cm³/mol. The fourth-order valence-corrected chi connectivity index (χ4v) is 1.63. The molecule has 0 bridgehead atoms. The zero-order valence-corrected chi connectivity index (χ0v) is 14.1. The molecule has 1 aromatic carbocycles. The Bertz CT molecular complexity index is 574. The van der Waals surface area contributed by atoms with Crippen LogP contribution in [0.25, 0.3) is 0 Å². The van der Waals surface area contributed by atoms with Gasteiger partial charge in [-0.3, -0.25) is 5.32 Å². The van der Waals surface area contributed by atoms with Crippen LogP contribution in [-0.2, 0) is 15.7 Å². The molecule has 1 rings (SSSR count). The van der Waals surface area contributed by atoms with Crippen molar-refractivity contribution in [3.05, 3.63) is 29.8 Å². The van der Waals surface area contributed by atoms with Crippen LogP contribution in [0.15, 0.2) is 24.3 Å². The largest absolute Gasteiger partial charge is 0.449 e. The molecule has 0 aromatic heterocycles. The van der Waals surface area contributed by atoms with Crippen LogP contribution in [0.5, 0.6) is 0 Å². The van der Waals surface area contributed by atoms with Gasteiger partial charge in [0.05, 0.1) is 18.7 Å². The fourth-order valence-electron chi connectivity index (χ4n) is 1.63. The van der Waals surface area contributed by atoms with Gasteiger partial charge in [0.25, 0.3) is 0 Å². The second-order valence-electron chi connectivity index (χ2n) is 5.79. The Morgan fingerprint density at radius 2 is 1.68 bits per heavy atom. The van der Waals surface area contributed by atoms with Crippen molar-refractivity contribution in [3.8, 4) is 0 Å². The first-order valence-corrected chi connectivity index (χ1v) is 7.63. The molecule has 1 unspecified atom stereocenters. The van der Waals surface area contributed by atoms with Crippen LogP contribution >= 0.6 is 0 Å². The number of carbonyl (C=O) groups excluding carboxylic acids is 2. The van der Waals surface area contributed by atoms with E-state index in [1.807, 2.05) is 13.8 Å². The van der Waals surface area contributed by atoms with Gasteiger partial charge in [-0.25, -0.2) is 9.59 Å². The molecule has 1 aromatic rings. The first-order chi connectivity index (χ1) is 11.6. The Kier molecular flexibility index (Phi) is 7.53. The third kappa shape index (κ3) is 8.27. The minimum absolute atomic E-state index is 0.0390. The van der Waals surface area contributed by atoms with Crippen molar-refractivity contribution in [3.63, 3.8) is 0 Å². The number of rotatable bonds is 6. The molecule has 140 valence electrons. The number of amides is 2. The van der Waals surface area contributed by atoms with Gasteiger partial charge in [-0.2, -0.15) is 13.2 Å². The Hall–Kier alpha value is -2.45. The summed E-state index contributed by atoms with van der Waals surface area (Å²) in [6.45, 7) is 5.65. The maximum atomic E-state index is 12.4. The second-order valence-corrected chi connectivity index (χ2v) is 5.79. The van der Waals surface area contributed by atoms with Gasteiger partial charge in [-0.05, 0) is 37.1 Å². The monoisotopic (exact) mass is 362 g/mol. The van der Waals surface area contributed by atoms with E-state index in [-0.39, 0.29) is 24.8 Å². The molecular formula is C16H21F3N2O4. The Labute approximate surface area is 143 Å². The number of halogens is 3. The van der Waals surface area contributed by atoms with Crippen molar-refractivity contribution in [1.29, 1.82) is 0 Å². The lowest BCUT2D eigenvalue weighted by atomic mass is 10.2.